The van der Waals surface area contributed by atoms with Crippen molar-refractivity contribution >= 4 is 0 Å². The minimum Gasteiger partial charge on any atom is -0.295 e. The van der Waals surface area contributed by atoms with E-state index >= 15 is 0 Å². The Hall–Kier alpha value is -1.33. The molecule has 1 aliphatic heterocycles. The van der Waals surface area contributed by atoms with Crippen LogP contribution in [-0.2, 0) is 0 Å². The molecule has 1 heterocycles. The van der Waals surface area contributed by atoms with Crippen LogP contribution in [0, 0.1) is 17.2 Å². The number of hydrogen-bond donors (Lipinski definition) is 0. The molecule has 0 bridgehead atoms. The Balaban J connectivity index is 2.10. The zero-order valence-electron chi connectivity index (χ0n) is 10.5. The molecule has 2 atom stereocenters. The van der Waals surface area contributed by atoms with Gasteiger partial charge in [-0.05, 0) is 24.9 Å². The summed E-state index contributed by atoms with van der Waals surface area (Å²) in [6.45, 7) is 4.28. The second-order valence-corrected chi connectivity index (χ2v) is 4.84. The van der Waals surface area contributed by atoms with Crippen molar-refractivity contribution in [3.63, 3.8) is 0 Å². The molecule has 0 aromatic heterocycles. The van der Waals surface area contributed by atoms with E-state index in [0.717, 1.165) is 19.5 Å². The van der Waals surface area contributed by atoms with Crippen LogP contribution in [-0.4, -0.2) is 18.0 Å². The topological polar surface area (TPSA) is 27.0 Å². The number of unbranched alkanes of at least 4 members (excludes halogenated alkanes) is 1. The first kappa shape index (κ1) is 12.1. The summed E-state index contributed by atoms with van der Waals surface area (Å²) in [5.74, 6) is 0.206. The summed E-state index contributed by atoms with van der Waals surface area (Å²) >= 11 is 0. The Morgan fingerprint density at radius 1 is 1.35 bits per heavy atom. The largest absolute Gasteiger partial charge is 0.295 e. The number of nitriles is 1. The molecule has 0 spiro atoms. The predicted octanol–water partition coefficient (Wildman–Crippen LogP) is 3.37. The van der Waals surface area contributed by atoms with Crippen LogP contribution in [0.3, 0.4) is 0 Å². The van der Waals surface area contributed by atoms with Gasteiger partial charge in [0.2, 0.25) is 0 Å². The Morgan fingerprint density at radius 2 is 2.12 bits per heavy atom. The summed E-state index contributed by atoms with van der Waals surface area (Å²) in [4.78, 5) is 2.48. The van der Waals surface area contributed by atoms with Gasteiger partial charge in [-0.3, -0.25) is 4.90 Å². The van der Waals surface area contributed by atoms with E-state index < -0.39 is 0 Å². The van der Waals surface area contributed by atoms with Crippen molar-refractivity contribution < 1.29 is 0 Å². The molecule has 2 nitrogen and oxygen atoms in total. The summed E-state index contributed by atoms with van der Waals surface area (Å²) in [5, 5.41) is 9.10. The molecular formula is C15H20N2. The Kier molecular flexibility index (Phi) is 4.17. The fourth-order valence-electron chi connectivity index (χ4n) is 2.63. The molecule has 1 aliphatic rings. The molecule has 90 valence electrons. The molecule has 0 aliphatic carbocycles. The maximum atomic E-state index is 9.10. The summed E-state index contributed by atoms with van der Waals surface area (Å²) in [5.41, 5.74) is 1.36. The Bertz CT molecular complexity index is 380. The van der Waals surface area contributed by atoms with E-state index in [1.165, 1.54) is 18.4 Å². The van der Waals surface area contributed by atoms with E-state index in [4.69, 9.17) is 5.26 Å². The molecule has 1 aromatic rings. The third kappa shape index (κ3) is 2.87. The number of rotatable bonds is 4. The maximum Gasteiger partial charge on any atom is 0.0670 e. The molecule has 2 rings (SSSR count). The van der Waals surface area contributed by atoms with Gasteiger partial charge < -0.3 is 0 Å². The Labute approximate surface area is 104 Å². The second kappa shape index (κ2) is 5.84. The smallest absolute Gasteiger partial charge is 0.0670 e. The van der Waals surface area contributed by atoms with E-state index in [2.05, 4.69) is 48.2 Å². The highest BCUT2D eigenvalue weighted by molar-refractivity contribution is 5.21. The SMILES string of the molecule is CCCCN1C[C@@H](C#N)C[C@@H]1c1ccccc1. The minimum absolute atomic E-state index is 0.206. The van der Waals surface area contributed by atoms with Crippen LogP contribution < -0.4 is 0 Å². The molecule has 0 saturated carbocycles. The lowest BCUT2D eigenvalue weighted by Gasteiger charge is -2.24. The maximum absolute atomic E-state index is 9.10. The normalized spacial score (nSPS) is 24.7. The molecule has 2 heteroatoms. The Morgan fingerprint density at radius 3 is 2.76 bits per heavy atom. The van der Waals surface area contributed by atoms with Gasteiger partial charge in [0.05, 0.1) is 12.0 Å². The van der Waals surface area contributed by atoms with Crippen molar-refractivity contribution in [2.45, 2.75) is 32.2 Å². The molecule has 0 unspecified atom stereocenters. The lowest BCUT2D eigenvalue weighted by Crippen LogP contribution is -2.25. The van der Waals surface area contributed by atoms with Crippen LogP contribution in [0.5, 0.6) is 0 Å². The van der Waals surface area contributed by atoms with Gasteiger partial charge in [0.25, 0.3) is 0 Å². The fraction of sp³-hybridized carbons (Fsp3) is 0.533. The van der Waals surface area contributed by atoms with Crippen LogP contribution in [0.1, 0.15) is 37.8 Å². The molecular weight excluding hydrogens is 208 g/mol. The predicted molar refractivity (Wildman–Crippen MR) is 69.4 cm³/mol. The average molecular weight is 228 g/mol. The zero-order valence-corrected chi connectivity index (χ0v) is 10.5. The first-order valence-corrected chi connectivity index (χ1v) is 6.53. The van der Waals surface area contributed by atoms with E-state index in [1.54, 1.807) is 0 Å². The van der Waals surface area contributed by atoms with Gasteiger partial charge in [0.15, 0.2) is 0 Å². The third-order valence-corrected chi connectivity index (χ3v) is 3.57. The van der Waals surface area contributed by atoms with Gasteiger partial charge in [0, 0.05) is 12.6 Å². The van der Waals surface area contributed by atoms with Crippen LogP contribution in [0.4, 0.5) is 0 Å². The molecule has 0 amide bonds. The summed E-state index contributed by atoms with van der Waals surface area (Å²) in [6, 6.07) is 13.5. The van der Waals surface area contributed by atoms with E-state index in [0.29, 0.717) is 6.04 Å². The van der Waals surface area contributed by atoms with E-state index in [-0.39, 0.29) is 5.92 Å². The van der Waals surface area contributed by atoms with Crippen molar-refractivity contribution in [3.05, 3.63) is 35.9 Å². The number of hydrogen-bond acceptors (Lipinski definition) is 2. The molecule has 1 fully saturated rings. The fourth-order valence-corrected chi connectivity index (χ4v) is 2.63. The summed E-state index contributed by atoms with van der Waals surface area (Å²) < 4.78 is 0. The highest BCUT2D eigenvalue weighted by Gasteiger charge is 2.32. The molecule has 0 radical (unpaired) electrons. The van der Waals surface area contributed by atoms with Gasteiger partial charge >= 0.3 is 0 Å². The van der Waals surface area contributed by atoms with Crippen molar-refractivity contribution in [1.82, 2.24) is 4.90 Å². The summed E-state index contributed by atoms with van der Waals surface area (Å²) in [7, 11) is 0. The minimum atomic E-state index is 0.206. The zero-order chi connectivity index (χ0) is 12.1. The van der Waals surface area contributed by atoms with Crippen molar-refractivity contribution in [3.8, 4) is 6.07 Å². The van der Waals surface area contributed by atoms with Gasteiger partial charge in [0.1, 0.15) is 0 Å². The van der Waals surface area contributed by atoms with Crippen LogP contribution >= 0.6 is 0 Å². The van der Waals surface area contributed by atoms with Gasteiger partial charge in [-0.1, -0.05) is 43.7 Å². The first-order chi connectivity index (χ1) is 8.35. The highest BCUT2D eigenvalue weighted by atomic mass is 15.2. The number of benzene rings is 1. The van der Waals surface area contributed by atoms with Crippen molar-refractivity contribution in [1.29, 1.82) is 5.26 Å². The van der Waals surface area contributed by atoms with Crippen LogP contribution in [0.2, 0.25) is 0 Å². The van der Waals surface area contributed by atoms with Crippen molar-refractivity contribution in [2.75, 3.05) is 13.1 Å². The lowest BCUT2D eigenvalue weighted by molar-refractivity contribution is 0.251. The standard InChI is InChI=1S/C15H20N2/c1-2-3-9-17-12-13(11-16)10-15(17)14-7-5-4-6-8-14/h4-8,13,15H,2-3,9-10,12H2,1H3/t13-,15-/m1/s1. The van der Waals surface area contributed by atoms with Gasteiger partial charge in [-0.15, -0.1) is 0 Å². The molecule has 17 heavy (non-hydrogen) atoms. The lowest BCUT2D eigenvalue weighted by atomic mass is 10.0. The average Bonchev–Trinajstić information content (AvgIpc) is 2.80. The first-order valence-electron chi connectivity index (χ1n) is 6.53. The number of nitrogens with zero attached hydrogens (tertiary/aromatic N) is 2. The molecule has 1 aromatic carbocycles. The van der Waals surface area contributed by atoms with E-state index in [1.807, 2.05) is 0 Å². The monoisotopic (exact) mass is 228 g/mol. The quantitative estimate of drug-likeness (QED) is 0.790. The second-order valence-electron chi connectivity index (χ2n) is 4.84. The highest BCUT2D eigenvalue weighted by Crippen LogP contribution is 2.35. The molecule has 1 saturated heterocycles. The third-order valence-electron chi connectivity index (χ3n) is 3.57. The summed E-state index contributed by atoms with van der Waals surface area (Å²) in [6.07, 6.45) is 3.43. The van der Waals surface area contributed by atoms with Crippen molar-refractivity contribution in [2.24, 2.45) is 5.92 Å². The molecule has 0 N–H and O–H groups in total. The van der Waals surface area contributed by atoms with Gasteiger partial charge in [-0.2, -0.15) is 5.26 Å². The van der Waals surface area contributed by atoms with E-state index in [9.17, 15) is 0 Å². The number of likely N-dealkylation sites (tertiary alicyclic amines) is 1. The van der Waals surface area contributed by atoms with Crippen LogP contribution in [0.25, 0.3) is 0 Å². The van der Waals surface area contributed by atoms with Gasteiger partial charge in [-0.25, -0.2) is 0 Å². The van der Waals surface area contributed by atoms with Crippen LogP contribution in [0.15, 0.2) is 30.3 Å².